The van der Waals surface area contributed by atoms with Crippen LogP contribution in [0.25, 0.3) is 11.0 Å². The molecular formula is C24H22F2N6O7S. The lowest BCUT2D eigenvalue weighted by atomic mass is 10.1. The minimum atomic E-state index is -4.46. The number of rotatable bonds is 11. The van der Waals surface area contributed by atoms with Gasteiger partial charge in [-0.2, -0.15) is 13.9 Å². The van der Waals surface area contributed by atoms with Gasteiger partial charge in [0.1, 0.15) is 16.9 Å². The molecule has 0 fully saturated rings. The van der Waals surface area contributed by atoms with Crippen LogP contribution in [-0.4, -0.2) is 55.1 Å². The first-order valence-corrected chi connectivity index (χ1v) is 12.8. The number of aromatic nitrogens is 4. The number of pyridine rings is 1. The van der Waals surface area contributed by atoms with Gasteiger partial charge in [-0.3, -0.25) is 14.2 Å². The van der Waals surface area contributed by atoms with E-state index in [9.17, 15) is 22.0 Å². The van der Waals surface area contributed by atoms with Gasteiger partial charge in [-0.25, -0.2) is 13.4 Å². The number of hydrogen-bond acceptors (Lipinski definition) is 10. The number of hydrogen-bond donors (Lipinski definition) is 2. The van der Waals surface area contributed by atoms with E-state index >= 15 is 0 Å². The van der Waals surface area contributed by atoms with Crippen molar-refractivity contribution in [2.24, 2.45) is 0 Å². The van der Waals surface area contributed by atoms with Gasteiger partial charge in [0.15, 0.2) is 16.3 Å². The fourth-order valence-electron chi connectivity index (χ4n) is 3.70. The maximum absolute atomic E-state index is 13.3. The Kier molecular flexibility index (Phi) is 8.34. The first kappa shape index (κ1) is 28.1. The summed E-state index contributed by atoms with van der Waals surface area (Å²) in [5, 5.41) is 10.4. The number of fused-ring (bicyclic) bond motifs is 1. The van der Waals surface area contributed by atoms with Crippen LogP contribution in [0, 0.1) is 11.8 Å². The van der Waals surface area contributed by atoms with Crippen LogP contribution in [0.5, 0.6) is 17.4 Å². The van der Waals surface area contributed by atoms with Crippen molar-refractivity contribution in [3.63, 3.8) is 0 Å². The van der Waals surface area contributed by atoms with Crippen molar-refractivity contribution < 1.29 is 40.7 Å². The first-order valence-electron chi connectivity index (χ1n) is 11.3. The quantitative estimate of drug-likeness (QED) is 0.254. The standard InChI is InChI=1S/C24H22F2N6O7S/c1-4-5-19(33)28-10-15-11-29-32(13-15)12-14-8-17(38-24(25)26)20-18(9-14)39-30-22(20)31-40(34,35)21-16(36-2)6-7-27-23(21)37-3/h6-9,11,13,24H,10,12H2,1-3H3,(H,28,33)(H,30,31). The van der Waals surface area contributed by atoms with Gasteiger partial charge in [0.2, 0.25) is 5.88 Å². The van der Waals surface area contributed by atoms with Crippen molar-refractivity contribution in [3.8, 4) is 29.2 Å². The average Bonchev–Trinajstić information content (AvgIpc) is 3.53. The predicted octanol–water partition coefficient (Wildman–Crippen LogP) is 2.53. The number of halogens is 2. The molecule has 4 rings (SSSR count). The van der Waals surface area contributed by atoms with E-state index in [2.05, 4.69) is 41.9 Å². The zero-order valence-corrected chi connectivity index (χ0v) is 22.1. The van der Waals surface area contributed by atoms with Gasteiger partial charge in [0, 0.05) is 30.6 Å². The Bertz CT molecular complexity index is 1690. The van der Waals surface area contributed by atoms with E-state index in [-0.39, 0.29) is 41.4 Å². The monoisotopic (exact) mass is 576 g/mol. The van der Waals surface area contributed by atoms with Crippen LogP contribution in [0.15, 0.2) is 46.2 Å². The Balaban J connectivity index is 1.65. The zero-order valence-electron chi connectivity index (χ0n) is 21.3. The normalized spacial score (nSPS) is 11.2. The minimum absolute atomic E-state index is 0.0336. The van der Waals surface area contributed by atoms with Gasteiger partial charge in [-0.1, -0.05) is 11.1 Å². The Morgan fingerprint density at radius 1 is 1.20 bits per heavy atom. The summed E-state index contributed by atoms with van der Waals surface area (Å²) in [5.74, 6) is 3.29. The third-order valence-electron chi connectivity index (χ3n) is 5.29. The predicted molar refractivity (Wildman–Crippen MR) is 135 cm³/mol. The van der Waals surface area contributed by atoms with E-state index in [0.717, 1.165) is 0 Å². The third-order valence-corrected chi connectivity index (χ3v) is 6.66. The summed E-state index contributed by atoms with van der Waals surface area (Å²) in [5.41, 5.74) is 1.07. The second-order valence-corrected chi connectivity index (χ2v) is 9.56. The molecule has 13 nitrogen and oxygen atoms in total. The van der Waals surface area contributed by atoms with Gasteiger partial charge in [0.25, 0.3) is 15.9 Å². The Hall–Kier alpha value is -4.91. The summed E-state index contributed by atoms with van der Waals surface area (Å²) in [6.07, 6.45) is 4.46. The molecule has 0 radical (unpaired) electrons. The van der Waals surface area contributed by atoms with Crippen molar-refractivity contribution in [1.29, 1.82) is 0 Å². The molecule has 3 heterocycles. The van der Waals surface area contributed by atoms with Crippen molar-refractivity contribution in [2.45, 2.75) is 31.5 Å². The van der Waals surface area contributed by atoms with Gasteiger partial charge < -0.3 is 24.1 Å². The largest absolute Gasteiger partial charge is 0.495 e. The molecule has 0 aliphatic carbocycles. The molecule has 2 N–H and O–H groups in total. The molecule has 0 saturated heterocycles. The summed E-state index contributed by atoms with van der Waals surface area (Å²) in [4.78, 5) is 15.0. The molecule has 1 aromatic carbocycles. The molecule has 0 bridgehead atoms. The highest BCUT2D eigenvalue weighted by atomic mass is 32.2. The molecule has 0 unspecified atom stereocenters. The molecule has 3 aromatic heterocycles. The highest BCUT2D eigenvalue weighted by molar-refractivity contribution is 7.93. The summed E-state index contributed by atoms with van der Waals surface area (Å²) >= 11 is 0. The number of nitrogens with one attached hydrogen (secondary N) is 2. The van der Waals surface area contributed by atoms with E-state index in [4.69, 9.17) is 14.0 Å². The number of ether oxygens (including phenoxy) is 3. The number of methoxy groups -OCH3 is 2. The number of benzene rings is 1. The van der Waals surface area contributed by atoms with Gasteiger partial charge in [-0.05, 0) is 30.5 Å². The highest BCUT2D eigenvalue weighted by Gasteiger charge is 2.29. The van der Waals surface area contributed by atoms with Crippen molar-refractivity contribution >= 4 is 32.7 Å². The molecule has 40 heavy (non-hydrogen) atoms. The van der Waals surface area contributed by atoms with Crippen LogP contribution >= 0.6 is 0 Å². The van der Waals surface area contributed by atoms with Crippen LogP contribution < -0.4 is 24.2 Å². The molecule has 0 atom stereocenters. The summed E-state index contributed by atoms with van der Waals surface area (Å²) in [6, 6.07) is 4.07. The van der Waals surface area contributed by atoms with E-state index in [1.165, 1.54) is 49.5 Å². The molecule has 0 spiro atoms. The number of alkyl halides is 2. The van der Waals surface area contributed by atoms with Crippen LogP contribution in [0.3, 0.4) is 0 Å². The lowest BCUT2D eigenvalue weighted by Gasteiger charge is -2.13. The SMILES string of the molecule is CC#CC(=O)NCc1cnn(Cc2cc(OC(F)F)c3c(NS(=O)(=O)c4c(OC)ccnc4OC)noc3c2)c1. The molecule has 1 amide bonds. The van der Waals surface area contributed by atoms with E-state index in [1.54, 1.807) is 13.1 Å². The molecule has 0 aliphatic rings. The molecule has 0 aliphatic heterocycles. The average molecular weight is 577 g/mol. The number of carbonyl (C=O) groups is 1. The van der Waals surface area contributed by atoms with E-state index in [0.29, 0.717) is 11.1 Å². The highest BCUT2D eigenvalue weighted by Crippen LogP contribution is 2.38. The fraction of sp³-hybridized carbons (Fsp3) is 0.250. The molecule has 0 saturated carbocycles. The van der Waals surface area contributed by atoms with Gasteiger partial charge >= 0.3 is 6.61 Å². The van der Waals surface area contributed by atoms with E-state index < -0.39 is 33.3 Å². The van der Waals surface area contributed by atoms with Crippen molar-refractivity contribution in [1.82, 2.24) is 25.2 Å². The lowest BCUT2D eigenvalue weighted by molar-refractivity contribution is -0.115. The van der Waals surface area contributed by atoms with Crippen LogP contribution in [0.2, 0.25) is 0 Å². The lowest BCUT2D eigenvalue weighted by Crippen LogP contribution is -2.20. The van der Waals surface area contributed by atoms with Crippen LogP contribution in [-0.2, 0) is 27.9 Å². The van der Waals surface area contributed by atoms with Gasteiger partial charge in [-0.15, -0.1) is 0 Å². The van der Waals surface area contributed by atoms with Crippen LogP contribution in [0.1, 0.15) is 18.1 Å². The maximum atomic E-state index is 13.3. The maximum Gasteiger partial charge on any atom is 0.387 e. The second kappa shape index (κ2) is 11.9. The Morgan fingerprint density at radius 2 is 2.00 bits per heavy atom. The molecular weight excluding hydrogens is 554 g/mol. The number of amides is 1. The summed E-state index contributed by atoms with van der Waals surface area (Å²) in [6.45, 7) is -1.40. The topological polar surface area (TPSA) is 160 Å². The number of anilines is 1. The molecule has 4 aromatic rings. The van der Waals surface area contributed by atoms with Crippen molar-refractivity contribution in [3.05, 3.63) is 47.9 Å². The molecule has 16 heteroatoms. The van der Waals surface area contributed by atoms with Gasteiger partial charge in [0.05, 0.1) is 27.0 Å². The smallest absolute Gasteiger partial charge is 0.387 e. The Labute approximate surface area is 226 Å². The summed E-state index contributed by atoms with van der Waals surface area (Å²) < 4.78 is 77.0. The zero-order chi connectivity index (χ0) is 28.9. The van der Waals surface area contributed by atoms with E-state index in [1.807, 2.05) is 0 Å². The number of nitrogens with zero attached hydrogens (tertiary/aromatic N) is 4. The molecule has 210 valence electrons. The number of carbonyl (C=O) groups excluding carboxylic acids is 1. The third kappa shape index (κ3) is 6.21. The number of sulfonamides is 1. The fourth-order valence-corrected chi connectivity index (χ4v) is 4.97. The second-order valence-electron chi connectivity index (χ2n) is 7.94. The minimum Gasteiger partial charge on any atom is -0.495 e. The first-order chi connectivity index (χ1) is 19.1. The van der Waals surface area contributed by atoms with Crippen LogP contribution in [0.4, 0.5) is 14.6 Å². The Morgan fingerprint density at radius 3 is 2.70 bits per heavy atom. The summed E-state index contributed by atoms with van der Waals surface area (Å²) in [7, 11) is -1.97. The van der Waals surface area contributed by atoms with Crippen molar-refractivity contribution in [2.75, 3.05) is 18.9 Å².